The zero-order valence-corrected chi connectivity index (χ0v) is 99.2. The van der Waals surface area contributed by atoms with Gasteiger partial charge in [0.05, 0.1) is 11.2 Å². The number of ether oxygens (including phenoxy) is 1. The summed E-state index contributed by atoms with van der Waals surface area (Å²) in [5, 5.41) is 0. The predicted octanol–water partition coefficient (Wildman–Crippen LogP) is 36.1. The first-order valence-electron chi connectivity index (χ1n) is 50.4. The molecular formula is C122H205N7OS2. The number of nitrogens with zero attached hydrogens (tertiary/aromatic N) is 7. The second-order valence-corrected chi connectivity index (χ2v) is 54.9. The summed E-state index contributed by atoms with van der Waals surface area (Å²) in [7, 11) is 4.35. The molecule has 0 unspecified atom stereocenters. The van der Waals surface area contributed by atoms with E-state index in [1.807, 2.05) is 23.5 Å². The van der Waals surface area contributed by atoms with Gasteiger partial charge in [-0.2, -0.15) is 0 Å². The summed E-state index contributed by atoms with van der Waals surface area (Å²) in [4.78, 5) is 20.3. The Morgan fingerprint density at radius 3 is 0.894 bits per heavy atom. The Bertz CT molecular complexity index is 4930. The van der Waals surface area contributed by atoms with E-state index in [0.29, 0.717) is 37.2 Å². The molecule has 1 spiro atoms. The molecule has 11 aliphatic rings. The molecule has 132 heavy (non-hydrogen) atoms. The lowest BCUT2D eigenvalue weighted by molar-refractivity contribution is -0.0211. The van der Waals surface area contributed by atoms with E-state index in [0.717, 1.165) is 13.1 Å². The third kappa shape index (κ3) is 22.7. The monoisotopic (exact) mass is 1850 g/mol. The fourth-order valence-corrected chi connectivity index (χ4v) is 24.6. The maximum Gasteiger partial charge on any atom is 0.0906 e. The molecule has 3 aromatic rings. The Morgan fingerprint density at radius 2 is 0.682 bits per heavy atom. The second-order valence-electron chi connectivity index (χ2n) is 51.8. The van der Waals surface area contributed by atoms with Gasteiger partial charge in [-0.1, -0.05) is 190 Å². The maximum absolute atomic E-state index is 6.00. The Labute approximate surface area is 826 Å². The summed E-state index contributed by atoms with van der Waals surface area (Å²) in [6, 6.07) is 27.9. The molecule has 0 aromatic heterocycles. The molecule has 0 amide bonds. The molecule has 1 fully saturated rings. The van der Waals surface area contributed by atoms with E-state index in [1.165, 1.54) is 148 Å². The van der Waals surface area contributed by atoms with Gasteiger partial charge in [0.25, 0.3) is 0 Å². The highest BCUT2D eigenvalue weighted by Crippen LogP contribution is 2.61. The smallest absolute Gasteiger partial charge is 0.0906 e. The number of hydrogen-bond donors (Lipinski definition) is 0. The third-order valence-electron chi connectivity index (χ3n) is 38.0. The largest absolute Gasteiger partial charge is 0.377 e. The van der Waals surface area contributed by atoms with Crippen LogP contribution in [0.1, 0.15) is 412 Å². The van der Waals surface area contributed by atoms with Crippen LogP contribution in [0.2, 0.25) is 0 Å². The van der Waals surface area contributed by atoms with Gasteiger partial charge in [0, 0.05) is 178 Å². The molecule has 0 radical (unpaired) electrons. The van der Waals surface area contributed by atoms with Crippen molar-refractivity contribution in [3.8, 4) is 0 Å². The first-order chi connectivity index (χ1) is 59.0. The molecule has 1 saturated carbocycles. The molecule has 10 heteroatoms. The summed E-state index contributed by atoms with van der Waals surface area (Å²) in [5.41, 5.74) is 37.6. The number of para-hydroxylation sites is 3. The molecule has 3 aromatic carbocycles. The molecule has 14 rings (SSSR count). The average Bonchev–Trinajstić information content (AvgIpc) is 1.56. The first kappa shape index (κ1) is 117. The van der Waals surface area contributed by atoms with Crippen LogP contribution in [0.15, 0.2) is 190 Å². The van der Waals surface area contributed by atoms with Crippen molar-refractivity contribution in [3.63, 3.8) is 0 Å². The van der Waals surface area contributed by atoms with Gasteiger partial charge in [0.1, 0.15) is 0 Å². The van der Waals surface area contributed by atoms with Crippen molar-refractivity contribution < 1.29 is 4.74 Å². The summed E-state index contributed by atoms with van der Waals surface area (Å²) < 4.78 is 6.37. The van der Waals surface area contributed by atoms with Crippen molar-refractivity contribution in [2.75, 3.05) is 54.2 Å². The first-order valence-corrected chi connectivity index (χ1v) is 52.2. The Balaban J connectivity index is 0.000000261. The van der Waals surface area contributed by atoms with Crippen molar-refractivity contribution in [1.82, 2.24) is 19.6 Å². The van der Waals surface area contributed by atoms with Crippen molar-refractivity contribution in [1.29, 1.82) is 0 Å². The lowest BCUT2D eigenvalue weighted by Gasteiger charge is -2.50. The van der Waals surface area contributed by atoms with Crippen LogP contribution >= 0.6 is 23.5 Å². The number of hydrogen-bond acceptors (Lipinski definition) is 10. The third-order valence-corrected chi connectivity index (χ3v) is 41.2. The summed E-state index contributed by atoms with van der Waals surface area (Å²) >= 11 is 4.01. The van der Waals surface area contributed by atoms with Gasteiger partial charge >= 0.3 is 0 Å². The minimum atomic E-state index is 0.000579. The number of aryl methyl sites for hydroxylation is 2. The van der Waals surface area contributed by atoms with E-state index < -0.39 is 0 Å². The number of benzene rings is 3. The van der Waals surface area contributed by atoms with Crippen molar-refractivity contribution in [2.45, 2.75) is 464 Å². The summed E-state index contributed by atoms with van der Waals surface area (Å²) in [6.07, 6.45) is 2.47. The van der Waals surface area contributed by atoms with Gasteiger partial charge in [-0.15, -0.1) is 23.5 Å². The molecule has 0 N–H and O–H groups in total. The standard InChI is InChI=1S/C18H27N.C16H23N.C14H19N.C14H27N.C12H23N.C11H21N.C10H16O.C10H18S.C9H17N.C8H14S/c1-12-10-9-11-13(2)16(12)19-15(4)14(3)17(5,6)18(19,7)8;1-12-13(2)17(14-10-8-7-9-11-14)16(5,6)15(12,3)4;1-11-12(2)15(10-14(11,3)4)13-8-6-5-7-9-13;1-10-11(2)15(12(3,4)5)14(8,9)13(10,6)7;1-9-10(2)13(11(3,4)5)8-12(9,6)7;1-8-9(2)12(7)11(5,6)10(8,3)4;1-7-8(2)10(5-6-10)11-9(7,3)4;1-7-8(2)11-10(5,6)9(7,3)4;1-7-8(2)10(5)6-9(7,3)4;1-6-7(2)9-5-8(6,3)4/h9-11H,1-8H3;7-11H,1-6H3;5-9H,10H2,1-4H3;1-9H3;8H2,1-7H3;1-7H3;5-6H2,1-4H3;1-6H3;6H2,1-5H3;5H2,1-4H3. The fraction of sp³-hybridized carbons (Fsp3) is 0.689. The molecule has 0 saturated heterocycles. The van der Waals surface area contributed by atoms with E-state index in [-0.39, 0.29) is 60.7 Å². The van der Waals surface area contributed by atoms with Crippen LogP contribution in [0.25, 0.3) is 0 Å². The van der Waals surface area contributed by atoms with E-state index >= 15 is 0 Å². The second kappa shape index (κ2) is 39.9. The zero-order chi connectivity index (χ0) is 103. The van der Waals surface area contributed by atoms with E-state index in [2.05, 4.69) is 529 Å². The minimum Gasteiger partial charge on any atom is -0.377 e. The highest BCUT2D eigenvalue weighted by atomic mass is 32.2. The fourth-order valence-electron chi connectivity index (χ4n) is 21.7. The SMILES string of the molecule is CC1=C(C)C(C)(C)C(C)(C)N1C.CC1=C(C)C(C)(C)C(C)(C)N1C(C)(C)C.CC1=C(C)C(C)(C)C(C)(C)N1c1c(C)cccc1C.CC1=C(C)C(C)(C)C(C)(C)N1c1ccccc1.CC1=C(C)C(C)(C)C(C)(C)S1.CC1=C(C)C(C)(C)CN1C.CC1=C(C)C(C)(C)CN1C(C)(C)C.CC1=C(C)C(C)(C)CN1c1ccccc1.CC1=C(C)C(C)(C)CS1.CC1=C(C)C2(CC2)OC1(C)C. The number of allylic oxidation sites excluding steroid dienone is 11. The maximum atomic E-state index is 6.00. The van der Waals surface area contributed by atoms with Crippen LogP contribution in [-0.2, 0) is 4.74 Å². The topological polar surface area (TPSA) is 31.9 Å². The molecule has 0 bridgehead atoms. The average molecular weight is 1850 g/mol. The molecule has 10 heterocycles. The minimum absolute atomic E-state index is 0.000579. The van der Waals surface area contributed by atoms with Crippen LogP contribution < -0.4 is 14.7 Å². The van der Waals surface area contributed by atoms with Crippen LogP contribution in [0.5, 0.6) is 0 Å². The molecule has 8 nitrogen and oxygen atoms in total. The molecule has 0 atom stereocenters. The van der Waals surface area contributed by atoms with Crippen molar-refractivity contribution >= 4 is 40.6 Å². The normalized spacial score (nSPS) is 24.2. The molecule has 1 aliphatic carbocycles. The van der Waals surface area contributed by atoms with E-state index in [9.17, 15) is 0 Å². The van der Waals surface area contributed by atoms with E-state index in [4.69, 9.17) is 4.74 Å². The highest BCUT2D eigenvalue weighted by Gasteiger charge is 2.57. The molecule has 746 valence electrons. The predicted molar refractivity (Wildman–Crippen MR) is 595 cm³/mol. The summed E-state index contributed by atoms with van der Waals surface area (Å²) in [5.74, 6) is 1.27. The van der Waals surface area contributed by atoms with Crippen molar-refractivity contribution in [2.24, 2.45) is 48.7 Å². The van der Waals surface area contributed by atoms with Gasteiger partial charge in [-0.3, -0.25) is 0 Å². The van der Waals surface area contributed by atoms with Gasteiger partial charge < -0.3 is 39.0 Å². The highest BCUT2D eigenvalue weighted by molar-refractivity contribution is 8.04. The van der Waals surface area contributed by atoms with Gasteiger partial charge in [-0.05, 0) is 391 Å². The van der Waals surface area contributed by atoms with Crippen LogP contribution in [0.4, 0.5) is 17.1 Å². The van der Waals surface area contributed by atoms with Crippen LogP contribution in [-0.4, -0.2) is 108 Å². The van der Waals surface area contributed by atoms with E-state index in [1.54, 1.807) is 16.7 Å². The zero-order valence-electron chi connectivity index (χ0n) is 97.6. The Morgan fingerprint density at radius 1 is 0.303 bits per heavy atom. The van der Waals surface area contributed by atoms with Crippen LogP contribution in [0.3, 0.4) is 0 Å². The number of rotatable bonds is 3. The quantitative estimate of drug-likeness (QED) is 0.237. The molecule has 10 aliphatic heterocycles. The number of thioether (sulfide) groups is 2. The summed E-state index contributed by atoms with van der Waals surface area (Å²) in [6.45, 7) is 136. The Kier molecular flexibility index (Phi) is 35.3. The van der Waals surface area contributed by atoms with Gasteiger partial charge in [0.15, 0.2) is 0 Å². The van der Waals surface area contributed by atoms with Crippen molar-refractivity contribution in [3.05, 3.63) is 201 Å². The van der Waals surface area contributed by atoms with Crippen LogP contribution in [0, 0.1) is 62.6 Å². The lowest BCUT2D eigenvalue weighted by atomic mass is 9.71. The van der Waals surface area contributed by atoms with Gasteiger partial charge in [-0.25, -0.2) is 0 Å². The van der Waals surface area contributed by atoms with Gasteiger partial charge in [0.2, 0.25) is 0 Å². The number of anilines is 3. The lowest BCUT2D eigenvalue weighted by Crippen LogP contribution is -2.55. The Hall–Kier alpha value is -5.68. The molecular weight excluding hydrogens is 1640 g/mol.